The second-order valence-electron chi connectivity index (χ2n) is 4.74. The normalized spacial score (nSPS) is 12.2. The summed E-state index contributed by atoms with van der Waals surface area (Å²) in [6.07, 6.45) is 3.08. The molecule has 0 heterocycles. The van der Waals surface area contributed by atoms with Gasteiger partial charge in [-0.25, -0.2) is 4.79 Å². The maximum absolute atomic E-state index is 11.4. The fraction of sp³-hybridized carbons (Fsp3) is 0.533. The number of hydrogen-bond donors (Lipinski definition) is 1. The van der Waals surface area contributed by atoms with E-state index in [1.807, 2.05) is 12.1 Å². The Hall–Kier alpha value is -1.22. The topological polar surface area (TPSA) is 40.5 Å². The average molecular weight is 284 g/mol. The van der Waals surface area contributed by atoms with Gasteiger partial charge in [-0.05, 0) is 31.9 Å². The van der Waals surface area contributed by atoms with E-state index in [4.69, 9.17) is 11.6 Å². The third-order valence-corrected chi connectivity index (χ3v) is 3.71. The van der Waals surface area contributed by atoms with Gasteiger partial charge < -0.3 is 10.0 Å². The molecule has 0 aliphatic carbocycles. The molecule has 0 saturated carbocycles. The van der Waals surface area contributed by atoms with Crippen LogP contribution in [0, 0.1) is 0 Å². The number of carboxylic acid groups (broad SMARTS) is 1. The minimum Gasteiger partial charge on any atom is -0.478 e. The Morgan fingerprint density at radius 3 is 2.63 bits per heavy atom. The van der Waals surface area contributed by atoms with Crippen LogP contribution >= 0.6 is 11.6 Å². The van der Waals surface area contributed by atoms with Gasteiger partial charge in [-0.3, -0.25) is 0 Å². The van der Waals surface area contributed by atoms with Gasteiger partial charge in [-0.2, -0.15) is 0 Å². The molecule has 4 heteroatoms. The van der Waals surface area contributed by atoms with Crippen LogP contribution in [0.25, 0.3) is 0 Å². The molecule has 1 N–H and O–H groups in total. The Morgan fingerprint density at radius 2 is 2.11 bits per heavy atom. The Balaban J connectivity index is 3.21. The summed E-state index contributed by atoms with van der Waals surface area (Å²) in [5, 5.41) is 9.66. The van der Waals surface area contributed by atoms with E-state index in [9.17, 15) is 9.90 Å². The van der Waals surface area contributed by atoms with E-state index in [0.717, 1.165) is 31.5 Å². The monoisotopic (exact) mass is 283 g/mol. The van der Waals surface area contributed by atoms with Gasteiger partial charge in [0.1, 0.15) is 5.56 Å². The standard InChI is InChI=1S/C15H22ClNO2/c1-4-6-10-17(11(3)5-2)13-9-7-8-12(16)14(13)15(18)19/h7-9,11H,4-6,10H2,1-3H3,(H,18,19). The Kier molecular flexibility index (Phi) is 6.16. The third-order valence-electron chi connectivity index (χ3n) is 3.39. The molecule has 1 rings (SSSR count). The molecule has 3 nitrogen and oxygen atoms in total. The first kappa shape index (κ1) is 15.8. The van der Waals surface area contributed by atoms with E-state index in [2.05, 4.69) is 25.7 Å². The fourth-order valence-corrected chi connectivity index (χ4v) is 2.34. The number of aromatic carboxylic acids is 1. The molecule has 1 atom stereocenters. The third kappa shape index (κ3) is 3.87. The molecule has 1 aromatic rings. The van der Waals surface area contributed by atoms with E-state index in [1.165, 1.54) is 0 Å². The van der Waals surface area contributed by atoms with Crippen LogP contribution in [0.4, 0.5) is 5.69 Å². The zero-order chi connectivity index (χ0) is 14.4. The lowest BCUT2D eigenvalue weighted by Gasteiger charge is -2.32. The van der Waals surface area contributed by atoms with Crippen molar-refractivity contribution in [1.29, 1.82) is 0 Å². The van der Waals surface area contributed by atoms with E-state index >= 15 is 0 Å². The van der Waals surface area contributed by atoms with Gasteiger partial charge in [-0.1, -0.05) is 37.9 Å². The van der Waals surface area contributed by atoms with Crippen molar-refractivity contribution in [1.82, 2.24) is 0 Å². The molecule has 0 aliphatic heterocycles. The first-order valence-electron chi connectivity index (χ1n) is 6.81. The number of anilines is 1. The Bertz CT molecular complexity index is 434. The van der Waals surface area contributed by atoms with Gasteiger partial charge in [0.25, 0.3) is 0 Å². The summed E-state index contributed by atoms with van der Waals surface area (Å²) < 4.78 is 0. The van der Waals surface area contributed by atoms with Gasteiger partial charge in [0, 0.05) is 12.6 Å². The predicted molar refractivity (Wildman–Crippen MR) is 80.4 cm³/mol. The zero-order valence-corrected chi connectivity index (χ0v) is 12.6. The van der Waals surface area contributed by atoms with Crippen molar-refractivity contribution >= 4 is 23.3 Å². The molecular formula is C15H22ClNO2. The largest absolute Gasteiger partial charge is 0.478 e. The van der Waals surface area contributed by atoms with Crippen molar-refractivity contribution in [2.45, 2.75) is 46.1 Å². The van der Waals surface area contributed by atoms with Crippen LogP contribution in [0.1, 0.15) is 50.4 Å². The number of rotatable bonds is 7. The number of hydrogen-bond acceptors (Lipinski definition) is 2. The number of benzene rings is 1. The molecule has 0 spiro atoms. The molecule has 0 saturated heterocycles. The average Bonchev–Trinajstić information content (AvgIpc) is 2.38. The number of carboxylic acids is 1. The quantitative estimate of drug-likeness (QED) is 0.804. The summed E-state index contributed by atoms with van der Waals surface area (Å²) in [4.78, 5) is 13.6. The van der Waals surface area contributed by atoms with Crippen LogP contribution in [-0.2, 0) is 0 Å². The highest BCUT2D eigenvalue weighted by atomic mass is 35.5. The lowest BCUT2D eigenvalue weighted by molar-refractivity contribution is 0.0697. The summed E-state index contributed by atoms with van der Waals surface area (Å²) >= 11 is 6.04. The zero-order valence-electron chi connectivity index (χ0n) is 11.8. The summed E-state index contributed by atoms with van der Waals surface area (Å²) in [6, 6.07) is 5.58. The van der Waals surface area contributed by atoms with Crippen LogP contribution < -0.4 is 4.90 Å². The van der Waals surface area contributed by atoms with Crippen LogP contribution in [0.2, 0.25) is 5.02 Å². The van der Waals surface area contributed by atoms with Crippen molar-refractivity contribution < 1.29 is 9.90 Å². The SMILES string of the molecule is CCCCN(c1cccc(Cl)c1C(=O)O)C(C)CC. The van der Waals surface area contributed by atoms with E-state index < -0.39 is 5.97 Å². The van der Waals surface area contributed by atoms with Crippen molar-refractivity contribution in [2.75, 3.05) is 11.4 Å². The number of carbonyl (C=O) groups is 1. The maximum Gasteiger partial charge on any atom is 0.339 e. The van der Waals surface area contributed by atoms with Crippen LogP contribution in [0.5, 0.6) is 0 Å². The second kappa shape index (κ2) is 7.39. The molecule has 0 amide bonds. The van der Waals surface area contributed by atoms with Crippen molar-refractivity contribution in [3.05, 3.63) is 28.8 Å². The highest BCUT2D eigenvalue weighted by molar-refractivity contribution is 6.34. The molecule has 0 aromatic heterocycles. The highest BCUT2D eigenvalue weighted by Crippen LogP contribution is 2.29. The molecule has 1 aromatic carbocycles. The molecule has 19 heavy (non-hydrogen) atoms. The van der Waals surface area contributed by atoms with E-state index in [-0.39, 0.29) is 5.56 Å². The molecule has 0 bridgehead atoms. The van der Waals surface area contributed by atoms with Gasteiger partial charge in [0.15, 0.2) is 0 Å². The Morgan fingerprint density at radius 1 is 1.42 bits per heavy atom. The smallest absolute Gasteiger partial charge is 0.339 e. The Labute approximate surface area is 120 Å². The second-order valence-corrected chi connectivity index (χ2v) is 5.15. The summed E-state index contributed by atoms with van der Waals surface area (Å²) in [5.41, 5.74) is 0.934. The summed E-state index contributed by atoms with van der Waals surface area (Å²) in [7, 11) is 0. The molecule has 1 unspecified atom stereocenters. The van der Waals surface area contributed by atoms with Gasteiger partial charge in [0.05, 0.1) is 10.7 Å². The predicted octanol–water partition coefficient (Wildman–Crippen LogP) is 4.44. The number of unbranched alkanes of at least 4 members (excludes halogenated alkanes) is 1. The molecule has 0 fully saturated rings. The lowest BCUT2D eigenvalue weighted by Crippen LogP contribution is -2.34. The maximum atomic E-state index is 11.4. The minimum atomic E-state index is -0.967. The van der Waals surface area contributed by atoms with Gasteiger partial charge in [0.2, 0.25) is 0 Å². The molecular weight excluding hydrogens is 262 g/mol. The van der Waals surface area contributed by atoms with Crippen molar-refractivity contribution in [3.63, 3.8) is 0 Å². The molecule has 0 radical (unpaired) electrons. The summed E-state index contributed by atoms with van der Waals surface area (Å²) in [5.74, 6) is -0.967. The van der Waals surface area contributed by atoms with Gasteiger partial charge in [-0.15, -0.1) is 0 Å². The number of nitrogens with zero attached hydrogens (tertiary/aromatic N) is 1. The van der Waals surface area contributed by atoms with Crippen molar-refractivity contribution in [3.8, 4) is 0 Å². The van der Waals surface area contributed by atoms with Crippen LogP contribution in [-0.4, -0.2) is 23.7 Å². The highest BCUT2D eigenvalue weighted by Gasteiger charge is 2.21. The molecule has 106 valence electrons. The van der Waals surface area contributed by atoms with Crippen molar-refractivity contribution in [2.24, 2.45) is 0 Å². The fourth-order valence-electron chi connectivity index (χ4n) is 2.09. The van der Waals surface area contributed by atoms with Gasteiger partial charge >= 0.3 is 5.97 Å². The first-order chi connectivity index (χ1) is 9.02. The van der Waals surface area contributed by atoms with Crippen LogP contribution in [0.3, 0.4) is 0 Å². The number of halogens is 1. The lowest BCUT2D eigenvalue weighted by atomic mass is 10.1. The first-order valence-corrected chi connectivity index (χ1v) is 7.19. The van der Waals surface area contributed by atoms with E-state index in [1.54, 1.807) is 6.07 Å². The van der Waals surface area contributed by atoms with E-state index in [0.29, 0.717) is 11.1 Å². The minimum absolute atomic E-state index is 0.209. The van der Waals surface area contributed by atoms with Crippen LogP contribution in [0.15, 0.2) is 18.2 Å². The molecule has 0 aliphatic rings. The summed E-state index contributed by atoms with van der Waals surface area (Å²) in [6.45, 7) is 7.20.